The van der Waals surface area contributed by atoms with Crippen molar-refractivity contribution in [3.63, 3.8) is 0 Å². The molecule has 0 radical (unpaired) electrons. The Morgan fingerprint density at radius 1 is 1.00 bits per heavy atom. The van der Waals surface area contributed by atoms with Crippen molar-refractivity contribution < 1.29 is 23.8 Å². The topological polar surface area (TPSA) is 86.8 Å². The van der Waals surface area contributed by atoms with Crippen LogP contribution in [0.3, 0.4) is 0 Å². The van der Waals surface area contributed by atoms with Crippen LogP contribution in [0.1, 0.15) is 31.4 Å². The van der Waals surface area contributed by atoms with Crippen molar-refractivity contribution in [1.29, 1.82) is 0 Å². The van der Waals surface area contributed by atoms with Gasteiger partial charge in [0.05, 0.1) is 12.8 Å². The second-order valence-corrected chi connectivity index (χ2v) is 8.83. The van der Waals surface area contributed by atoms with Crippen LogP contribution in [0.2, 0.25) is 0 Å². The summed E-state index contributed by atoms with van der Waals surface area (Å²) in [4.78, 5) is 28.6. The fourth-order valence-electron chi connectivity index (χ4n) is 4.45. The average molecular weight is 483 g/mol. The number of carbonyl (C=O) groups excluding carboxylic acids is 2. The molecule has 1 aliphatic rings. The summed E-state index contributed by atoms with van der Waals surface area (Å²) in [7, 11) is 1.66. The number of rotatable bonds is 7. The number of ether oxygens (including phenoxy) is 3. The smallest absolute Gasteiger partial charge is 0.415 e. The van der Waals surface area contributed by atoms with Gasteiger partial charge in [-0.2, -0.15) is 0 Å². The molecule has 182 valence electrons. The maximum Gasteiger partial charge on any atom is 0.415 e. The molecule has 1 atom stereocenters. The summed E-state index contributed by atoms with van der Waals surface area (Å²) in [5.74, 6) is 1.57. The number of benzene rings is 3. The van der Waals surface area contributed by atoms with Crippen LogP contribution in [0.25, 0.3) is 22.0 Å². The highest BCUT2D eigenvalue weighted by molar-refractivity contribution is 6.03. The molecule has 7 nitrogen and oxygen atoms in total. The van der Waals surface area contributed by atoms with E-state index in [1.807, 2.05) is 42.5 Å². The van der Waals surface area contributed by atoms with E-state index in [-0.39, 0.29) is 0 Å². The highest BCUT2D eigenvalue weighted by Gasteiger charge is 2.46. The number of aryl methyl sites for hydroxylation is 1. The van der Waals surface area contributed by atoms with Gasteiger partial charge in [0.2, 0.25) is 5.60 Å². The van der Waals surface area contributed by atoms with E-state index < -0.39 is 17.6 Å². The molecule has 0 unspecified atom stereocenters. The van der Waals surface area contributed by atoms with Gasteiger partial charge in [0.15, 0.2) is 0 Å². The van der Waals surface area contributed by atoms with E-state index in [0.29, 0.717) is 11.3 Å². The number of nitrogens with zero attached hydrogens (tertiary/aromatic N) is 1. The van der Waals surface area contributed by atoms with Crippen molar-refractivity contribution in [2.45, 2.75) is 32.3 Å². The molecule has 1 aromatic heterocycles. The molecule has 1 saturated heterocycles. The van der Waals surface area contributed by atoms with Gasteiger partial charge >= 0.3 is 6.09 Å². The molecule has 7 heteroatoms. The largest absolute Gasteiger partial charge is 0.497 e. The summed E-state index contributed by atoms with van der Waals surface area (Å²) in [6.45, 7) is 3.68. The number of fused-ring (bicyclic) bond motifs is 1. The summed E-state index contributed by atoms with van der Waals surface area (Å²) >= 11 is 0. The maximum atomic E-state index is 12.3. The van der Waals surface area contributed by atoms with Crippen LogP contribution in [0.15, 0.2) is 72.9 Å². The first-order valence-electron chi connectivity index (χ1n) is 11.8. The van der Waals surface area contributed by atoms with E-state index in [9.17, 15) is 9.59 Å². The first-order chi connectivity index (χ1) is 17.4. The Balaban J connectivity index is 1.49. The number of cyclic esters (lactones) is 1. The fourth-order valence-corrected chi connectivity index (χ4v) is 4.45. The third-order valence-electron chi connectivity index (χ3n) is 6.38. The van der Waals surface area contributed by atoms with Crippen molar-refractivity contribution in [3.8, 4) is 28.5 Å². The van der Waals surface area contributed by atoms with E-state index in [1.54, 1.807) is 38.4 Å². The van der Waals surface area contributed by atoms with E-state index in [2.05, 4.69) is 23.3 Å². The van der Waals surface area contributed by atoms with Crippen molar-refractivity contribution >= 4 is 22.8 Å². The first kappa shape index (κ1) is 23.4. The van der Waals surface area contributed by atoms with Crippen molar-refractivity contribution in [1.82, 2.24) is 10.3 Å². The molecule has 36 heavy (non-hydrogen) atoms. The minimum Gasteiger partial charge on any atom is -0.497 e. The van der Waals surface area contributed by atoms with E-state index in [0.717, 1.165) is 51.9 Å². The van der Waals surface area contributed by atoms with Gasteiger partial charge < -0.3 is 14.2 Å². The molecule has 1 N–H and O–H groups in total. The quantitative estimate of drug-likeness (QED) is 0.341. The van der Waals surface area contributed by atoms with E-state index in [1.165, 1.54) is 0 Å². The van der Waals surface area contributed by atoms with Crippen molar-refractivity contribution in [2.24, 2.45) is 0 Å². The van der Waals surface area contributed by atoms with Gasteiger partial charge in [-0.25, -0.2) is 4.79 Å². The summed E-state index contributed by atoms with van der Waals surface area (Å²) in [6.07, 6.45) is 2.81. The summed E-state index contributed by atoms with van der Waals surface area (Å²) < 4.78 is 16.9. The molecular formula is C29H26N2O5. The normalized spacial score (nSPS) is 17.1. The fraction of sp³-hybridized carbons (Fsp3) is 0.207. The number of nitrogens with one attached hydrogen (secondary N) is 1. The molecule has 1 aliphatic heterocycles. The molecule has 5 rings (SSSR count). The zero-order chi connectivity index (χ0) is 25.3. The number of alkyl carbamates (subject to hydrolysis) is 1. The molecule has 0 aliphatic carbocycles. The molecule has 2 amide bonds. The maximum absolute atomic E-state index is 12.3. The number of methoxy groups -OCH3 is 1. The lowest BCUT2D eigenvalue weighted by molar-refractivity contribution is -0.130. The second-order valence-electron chi connectivity index (χ2n) is 8.83. The Hall–Kier alpha value is -4.39. The molecular weight excluding hydrogens is 456 g/mol. The Morgan fingerprint density at radius 3 is 2.61 bits per heavy atom. The van der Waals surface area contributed by atoms with Crippen molar-refractivity contribution in [2.75, 3.05) is 7.11 Å². The molecule has 0 saturated carbocycles. The summed E-state index contributed by atoms with van der Waals surface area (Å²) in [5.41, 5.74) is 2.08. The van der Waals surface area contributed by atoms with E-state index >= 15 is 0 Å². The lowest BCUT2D eigenvalue weighted by atomic mass is 9.95. The number of hydrogen-bond acceptors (Lipinski definition) is 6. The minimum atomic E-state index is -1.39. The van der Waals surface area contributed by atoms with Crippen LogP contribution in [-0.4, -0.2) is 24.1 Å². The monoisotopic (exact) mass is 482 g/mol. The van der Waals surface area contributed by atoms with Gasteiger partial charge in [-0.3, -0.25) is 15.1 Å². The first-order valence-corrected chi connectivity index (χ1v) is 11.8. The van der Waals surface area contributed by atoms with E-state index in [4.69, 9.17) is 14.2 Å². The summed E-state index contributed by atoms with van der Waals surface area (Å²) in [6, 6.07) is 21.0. The highest BCUT2D eigenvalue weighted by atomic mass is 16.6. The van der Waals surface area contributed by atoms with Crippen LogP contribution in [-0.2, 0) is 21.6 Å². The van der Waals surface area contributed by atoms with Gasteiger partial charge in [0.25, 0.3) is 5.91 Å². The zero-order valence-electron chi connectivity index (χ0n) is 20.3. The van der Waals surface area contributed by atoms with Gasteiger partial charge in [0.1, 0.15) is 17.2 Å². The number of pyridine rings is 1. The van der Waals surface area contributed by atoms with Gasteiger partial charge in [-0.05, 0) is 78.9 Å². The molecule has 3 aromatic carbocycles. The lowest BCUT2D eigenvalue weighted by Gasteiger charge is -2.20. The second kappa shape index (κ2) is 9.34. The molecule has 4 aromatic rings. The molecule has 0 spiro atoms. The number of carbonyl (C=O) groups is 2. The standard InChI is InChI=1S/C29H26N2O5/c1-4-6-19-15-20(26-24-11-10-22(34-3)16-18(24)13-14-30-26)9-12-25(19)35-23-8-5-7-21(17-23)29(2)27(32)31-28(33)36-29/h5,7-17H,4,6H2,1-3H3,(H,31,32,33)/t29-/m1/s1. The Kier molecular flexibility index (Phi) is 6.06. The van der Waals surface area contributed by atoms with Crippen LogP contribution < -0.4 is 14.8 Å². The lowest BCUT2D eigenvalue weighted by Crippen LogP contribution is -2.33. The third kappa shape index (κ3) is 4.24. The Morgan fingerprint density at radius 2 is 1.86 bits per heavy atom. The van der Waals surface area contributed by atoms with Gasteiger partial charge in [-0.1, -0.05) is 25.5 Å². The minimum absolute atomic E-state index is 0.499. The SMILES string of the molecule is CCCc1cc(-c2nccc3cc(OC)ccc23)ccc1Oc1cccc([C@@]2(C)OC(=O)NC2=O)c1. The predicted octanol–water partition coefficient (Wildman–Crippen LogP) is 6.14. The van der Waals surface area contributed by atoms with Crippen LogP contribution in [0.5, 0.6) is 17.2 Å². The van der Waals surface area contributed by atoms with Crippen LogP contribution in [0.4, 0.5) is 4.79 Å². The van der Waals surface area contributed by atoms with Crippen molar-refractivity contribution in [3.05, 3.63) is 84.1 Å². The number of amides is 2. The molecule has 0 bridgehead atoms. The average Bonchev–Trinajstić information content (AvgIpc) is 3.16. The van der Waals surface area contributed by atoms with Crippen LogP contribution in [0, 0.1) is 0 Å². The number of hydrogen-bond donors (Lipinski definition) is 1. The van der Waals surface area contributed by atoms with Gasteiger partial charge in [0, 0.05) is 22.7 Å². The third-order valence-corrected chi connectivity index (χ3v) is 6.38. The number of imide groups is 1. The Bertz CT molecular complexity index is 1480. The zero-order valence-corrected chi connectivity index (χ0v) is 20.3. The van der Waals surface area contributed by atoms with Crippen LogP contribution >= 0.6 is 0 Å². The highest BCUT2D eigenvalue weighted by Crippen LogP contribution is 2.36. The predicted molar refractivity (Wildman–Crippen MR) is 136 cm³/mol. The number of aromatic nitrogens is 1. The summed E-state index contributed by atoms with van der Waals surface area (Å²) in [5, 5.41) is 4.28. The molecule has 1 fully saturated rings. The van der Waals surface area contributed by atoms with Gasteiger partial charge in [-0.15, -0.1) is 0 Å². The molecule has 2 heterocycles. The Labute approximate surface area is 209 Å².